The maximum absolute atomic E-state index is 11.9. The van der Waals surface area contributed by atoms with Crippen molar-refractivity contribution in [3.8, 4) is 5.75 Å². The Kier molecular flexibility index (Phi) is 4.77. The van der Waals surface area contributed by atoms with Gasteiger partial charge >= 0.3 is 5.97 Å². The van der Waals surface area contributed by atoms with E-state index >= 15 is 0 Å². The van der Waals surface area contributed by atoms with Gasteiger partial charge in [-0.15, -0.1) is 0 Å². The third-order valence-corrected chi connectivity index (χ3v) is 3.03. The van der Waals surface area contributed by atoms with Gasteiger partial charge in [-0.05, 0) is 19.1 Å². The lowest BCUT2D eigenvalue weighted by molar-refractivity contribution is -0.144. The van der Waals surface area contributed by atoms with Gasteiger partial charge in [0.25, 0.3) is 0 Å². The Bertz CT molecular complexity index is 666. The second kappa shape index (κ2) is 6.74. The molecule has 110 valence electrons. The average Bonchev–Trinajstić information content (AvgIpc) is 2.47. The number of amides is 1. The molecule has 2 rings (SSSR count). The van der Waals surface area contributed by atoms with Crippen LogP contribution >= 0.6 is 0 Å². The Morgan fingerprint density at radius 3 is 2.57 bits per heavy atom. The number of hydrogen-bond acceptors (Lipinski definition) is 4. The number of fused-ring (bicyclic) bond motifs is 1. The number of aromatic hydroxyl groups is 1. The van der Waals surface area contributed by atoms with Crippen LogP contribution in [0.3, 0.4) is 0 Å². The highest BCUT2D eigenvalue weighted by Gasteiger charge is 2.10. The van der Waals surface area contributed by atoms with Crippen LogP contribution in [0, 0.1) is 0 Å². The summed E-state index contributed by atoms with van der Waals surface area (Å²) in [6.07, 6.45) is 0.115. The number of phenolic OH excluding ortho intramolecular Hbond substituents is 1. The van der Waals surface area contributed by atoms with Crippen molar-refractivity contribution in [2.75, 3.05) is 11.9 Å². The first-order valence-electron chi connectivity index (χ1n) is 6.78. The fourth-order valence-electron chi connectivity index (χ4n) is 2.06. The van der Waals surface area contributed by atoms with E-state index in [-0.39, 0.29) is 30.5 Å². The van der Waals surface area contributed by atoms with Crippen LogP contribution < -0.4 is 5.32 Å². The number of carbonyl (C=O) groups excluding carboxylic acids is 2. The summed E-state index contributed by atoms with van der Waals surface area (Å²) in [5, 5.41) is 14.0. The molecular formula is C16H17NO4. The molecule has 0 saturated heterocycles. The molecule has 2 aromatic carbocycles. The van der Waals surface area contributed by atoms with Crippen LogP contribution in [-0.4, -0.2) is 23.6 Å². The molecule has 0 bridgehead atoms. The van der Waals surface area contributed by atoms with E-state index < -0.39 is 0 Å². The Morgan fingerprint density at radius 1 is 1.10 bits per heavy atom. The lowest BCUT2D eigenvalue weighted by Gasteiger charge is -2.09. The minimum atomic E-state index is -0.386. The molecule has 0 fully saturated rings. The molecule has 0 radical (unpaired) electrons. The predicted octanol–water partition coefficient (Wildman–Crippen LogP) is 2.83. The fourth-order valence-corrected chi connectivity index (χ4v) is 2.06. The summed E-state index contributed by atoms with van der Waals surface area (Å²) in [5.74, 6) is -0.489. The standard InChI is InChI=1S/C16H17NO4/c1-2-21-16(20)10-9-15(19)17-13-7-3-6-12-11(13)5-4-8-14(12)18/h3-8,18H,2,9-10H2,1H3,(H,17,19). The smallest absolute Gasteiger partial charge is 0.306 e. The van der Waals surface area contributed by atoms with Gasteiger partial charge in [0.15, 0.2) is 0 Å². The maximum Gasteiger partial charge on any atom is 0.306 e. The van der Waals surface area contributed by atoms with E-state index in [2.05, 4.69) is 5.32 Å². The minimum Gasteiger partial charge on any atom is -0.507 e. The highest BCUT2D eigenvalue weighted by molar-refractivity contribution is 6.04. The van der Waals surface area contributed by atoms with Gasteiger partial charge in [0, 0.05) is 22.9 Å². The molecule has 0 aliphatic rings. The summed E-state index contributed by atoms with van der Waals surface area (Å²) < 4.78 is 4.78. The van der Waals surface area contributed by atoms with Crippen molar-refractivity contribution in [2.24, 2.45) is 0 Å². The van der Waals surface area contributed by atoms with Crippen LogP contribution in [0.15, 0.2) is 36.4 Å². The zero-order chi connectivity index (χ0) is 15.2. The van der Waals surface area contributed by atoms with E-state index in [0.717, 1.165) is 5.39 Å². The normalized spacial score (nSPS) is 10.3. The topological polar surface area (TPSA) is 75.6 Å². The van der Waals surface area contributed by atoms with Crippen molar-refractivity contribution in [3.63, 3.8) is 0 Å². The lowest BCUT2D eigenvalue weighted by Crippen LogP contribution is -2.14. The zero-order valence-electron chi connectivity index (χ0n) is 11.8. The molecule has 21 heavy (non-hydrogen) atoms. The van der Waals surface area contributed by atoms with E-state index in [4.69, 9.17) is 4.74 Å². The van der Waals surface area contributed by atoms with Crippen LogP contribution in [-0.2, 0) is 14.3 Å². The Balaban J connectivity index is 2.08. The molecule has 0 aliphatic carbocycles. The largest absolute Gasteiger partial charge is 0.507 e. The van der Waals surface area contributed by atoms with Crippen LogP contribution in [0.5, 0.6) is 5.75 Å². The molecule has 5 heteroatoms. The monoisotopic (exact) mass is 287 g/mol. The molecule has 0 spiro atoms. The zero-order valence-corrected chi connectivity index (χ0v) is 11.8. The second-order valence-electron chi connectivity index (χ2n) is 4.53. The SMILES string of the molecule is CCOC(=O)CCC(=O)Nc1cccc2c(O)cccc12. The Hall–Kier alpha value is -2.56. The molecule has 5 nitrogen and oxygen atoms in total. The number of esters is 1. The van der Waals surface area contributed by atoms with Gasteiger partial charge in [-0.1, -0.05) is 24.3 Å². The molecule has 2 aromatic rings. The first-order chi connectivity index (χ1) is 10.1. The number of ether oxygens (including phenoxy) is 1. The molecule has 0 heterocycles. The summed E-state index contributed by atoms with van der Waals surface area (Å²) >= 11 is 0. The molecule has 0 saturated carbocycles. The van der Waals surface area contributed by atoms with Crippen molar-refractivity contribution in [1.29, 1.82) is 0 Å². The van der Waals surface area contributed by atoms with Gasteiger partial charge in [-0.2, -0.15) is 0 Å². The van der Waals surface area contributed by atoms with E-state index in [1.54, 1.807) is 37.3 Å². The number of carbonyl (C=O) groups is 2. The number of phenols is 1. The van der Waals surface area contributed by atoms with E-state index in [0.29, 0.717) is 17.7 Å². The number of anilines is 1. The van der Waals surface area contributed by atoms with E-state index in [1.165, 1.54) is 0 Å². The van der Waals surface area contributed by atoms with Gasteiger partial charge in [0.2, 0.25) is 5.91 Å². The molecule has 0 atom stereocenters. The van der Waals surface area contributed by atoms with Crippen molar-refractivity contribution in [2.45, 2.75) is 19.8 Å². The fraction of sp³-hybridized carbons (Fsp3) is 0.250. The number of rotatable bonds is 5. The Labute approximate surface area is 122 Å². The van der Waals surface area contributed by atoms with Crippen molar-refractivity contribution in [3.05, 3.63) is 36.4 Å². The van der Waals surface area contributed by atoms with Gasteiger partial charge in [-0.25, -0.2) is 0 Å². The van der Waals surface area contributed by atoms with Crippen LogP contribution in [0.25, 0.3) is 10.8 Å². The maximum atomic E-state index is 11.9. The molecule has 1 amide bonds. The van der Waals surface area contributed by atoms with Crippen molar-refractivity contribution < 1.29 is 19.4 Å². The second-order valence-corrected chi connectivity index (χ2v) is 4.53. The van der Waals surface area contributed by atoms with Crippen molar-refractivity contribution in [1.82, 2.24) is 0 Å². The summed E-state index contributed by atoms with van der Waals surface area (Å²) in [6, 6.07) is 10.4. The first-order valence-corrected chi connectivity index (χ1v) is 6.78. The highest BCUT2D eigenvalue weighted by atomic mass is 16.5. The molecule has 2 N–H and O–H groups in total. The summed E-state index contributed by atoms with van der Waals surface area (Å²) in [7, 11) is 0. The van der Waals surface area contributed by atoms with Gasteiger partial charge in [0.1, 0.15) is 5.75 Å². The highest BCUT2D eigenvalue weighted by Crippen LogP contribution is 2.29. The Morgan fingerprint density at radius 2 is 1.81 bits per heavy atom. The lowest BCUT2D eigenvalue weighted by atomic mass is 10.1. The van der Waals surface area contributed by atoms with Crippen LogP contribution in [0.1, 0.15) is 19.8 Å². The van der Waals surface area contributed by atoms with Gasteiger partial charge in [-0.3, -0.25) is 9.59 Å². The molecule has 0 unspecified atom stereocenters. The third kappa shape index (κ3) is 3.72. The number of nitrogens with one attached hydrogen (secondary N) is 1. The molecule has 0 aliphatic heterocycles. The van der Waals surface area contributed by atoms with Crippen LogP contribution in [0.4, 0.5) is 5.69 Å². The number of benzene rings is 2. The third-order valence-electron chi connectivity index (χ3n) is 3.03. The molecule has 0 aromatic heterocycles. The first kappa shape index (κ1) is 14.8. The average molecular weight is 287 g/mol. The van der Waals surface area contributed by atoms with Gasteiger partial charge in [0.05, 0.1) is 13.0 Å². The van der Waals surface area contributed by atoms with Gasteiger partial charge < -0.3 is 15.2 Å². The number of hydrogen-bond donors (Lipinski definition) is 2. The summed E-state index contributed by atoms with van der Waals surface area (Å²) in [6.45, 7) is 2.03. The predicted molar refractivity (Wildman–Crippen MR) is 80.1 cm³/mol. The molecular weight excluding hydrogens is 270 g/mol. The minimum absolute atomic E-state index is 0.0513. The van der Waals surface area contributed by atoms with E-state index in [1.807, 2.05) is 6.07 Å². The quantitative estimate of drug-likeness (QED) is 0.829. The van der Waals surface area contributed by atoms with Crippen molar-refractivity contribution >= 4 is 28.3 Å². The summed E-state index contributed by atoms with van der Waals surface area (Å²) in [4.78, 5) is 23.1. The van der Waals surface area contributed by atoms with Crippen LogP contribution in [0.2, 0.25) is 0 Å². The van der Waals surface area contributed by atoms with E-state index in [9.17, 15) is 14.7 Å². The summed E-state index contributed by atoms with van der Waals surface area (Å²) in [5.41, 5.74) is 0.609.